The average Bonchev–Trinajstić information content (AvgIpc) is 3.47. The molecule has 0 N–H and O–H groups in total. The third-order valence-corrected chi connectivity index (χ3v) is 6.69. The van der Waals surface area contributed by atoms with E-state index in [1.54, 1.807) is 7.11 Å². The zero-order chi connectivity index (χ0) is 24.2. The molecule has 0 spiro atoms. The number of carbonyl (C=O) groups is 1. The molecule has 2 heterocycles. The van der Waals surface area contributed by atoms with Gasteiger partial charge in [0.15, 0.2) is 0 Å². The Bertz CT molecular complexity index is 1310. The second-order valence-corrected chi connectivity index (χ2v) is 8.88. The number of aryl methyl sites for hydroxylation is 2. The number of methoxy groups -OCH3 is 1. The SMILES string of the molecule is CCc1ccccc1N1C[C@H](c2nc3ccccc3n2CCCOc2ccc(OC)cc2)CC1=O. The molecule has 0 saturated carbocycles. The third kappa shape index (κ3) is 4.74. The van der Waals surface area contributed by atoms with E-state index in [1.807, 2.05) is 59.5 Å². The molecule has 35 heavy (non-hydrogen) atoms. The quantitative estimate of drug-likeness (QED) is 0.300. The minimum atomic E-state index is 0.0577. The third-order valence-electron chi connectivity index (χ3n) is 6.69. The van der Waals surface area contributed by atoms with Gasteiger partial charge in [-0.05, 0) is 60.9 Å². The van der Waals surface area contributed by atoms with Crippen LogP contribution in [-0.4, -0.2) is 35.7 Å². The van der Waals surface area contributed by atoms with E-state index in [0.29, 0.717) is 19.6 Å². The Balaban J connectivity index is 1.33. The molecular weight excluding hydrogens is 438 g/mol. The molecule has 1 saturated heterocycles. The molecule has 0 aliphatic carbocycles. The Hall–Kier alpha value is -3.80. The number of ether oxygens (including phenoxy) is 2. The van der Waals surface area contributed by atoms with Crippen LogP contribution < -0.4 is 14.4 Å². The summed E-state index contributed by atoms with van der Waals surface area (Å²) >= 11 is 0. The lowest BCUT2D eigenvalue weighted by Crippen LogP contribution is -2.25. The van der Waals surface area contributed by atoms with Gasteiger partial charge in [-0.1, -0.05) is 37.3 Å². The molecule has 1 aliphatic heterocycles. The van der Waals surface area contributed by atoms with Crippen LogP contribution in [0.15, 0.2) is 72.8 Å². The van der Waals surface area contributed by atoms with Gasteiger partial charge in [0.2, 0.25) is 5.91 Å². The summed E-state index contributed by atoms with van der Waals surface area (Å²) in [5, 5.41) is 0. The first-order chi connectivity index (χ1) is 17.2. The summed E-state index contributed by atoms with van der Waals surface area (Å²) in [5.74, 6) is 2.85. The van der Waals surface area contributed by atoms with Crippen LogP contribution in [0, 0.1) is 0 Å². The van der Waals surface area contributed by atoms with Crippen molar-refractivity contribution < 1.29 is 14.3 Å². The minimum Gasteiger partial charge on any atom is -0.497 e. The monoisotopic (exact) mass is 469 g/mol. The maximum absolute atomic E-state index is 13.1. The number of rotatable bonds is 9. The number of hydrogen-bond donors (Lipinski definition) is 0. The summed E-state index contributed by atoms with van der Waals surface area (Å²) in [6.07, 6.45) is 2.21. The molecule has 1 aromatic heterocycles. The van der Waals surface area contributed by atoms with E-state index in [-0.39, 0.29) is 11.8 Å². The van der Waals surface area contributed by atoms with Gasteiger partial charge in [0.1, 0.15) is 17.3 Å². The largest absolute Gasteiger partial charge is 0.497 e. The van der Waals surface area contributed by atoms with Crippen molar-refractivity contribution in [3.8, 4) is 11.5 Å². The van der Waals surface area contributed by atoms with Gasteiger partial charge >= 0.3 is 0 Å². The summed E-state index contributed by atoms with van der Waals surface area (Å²) in [6.45, 7) is 4.16. The molecule has 1 aliphatic rings. The second kappa shape index (κ2) is 10.2. The summed E-state index contributed by atoms with van der Waals surface area (Å²) in [7, 11) is 1.66. The van der Waals surface area contributed by atoms with Gasteiger partial charge in [0, 0.05) is 31.1 Å². The van der Waals surface area contributed by atoms with E-state index in [1.165, 1.54) is 5.56 Å². The van der Waals surface area contributed by atoms with Crippen molar-refractivity contribution >= 4 is 22.6 Å². The van der Waals surface area contributed by atoms with E-state index in [2.05, 4.69) is 29.7 Å². The van der Waals surface area contributed by atoms with E-state index >= 15 is 0 Å². The summed E-state index contributed by atoms with van der Waals surface area (Å²) in [5.41, 5.74) is 4.30. The number of aromatic nitrogens is 2. The van der Waals surface area contributed by atoms with Gasteiger partial charge in [-0.15, -0.1) is 0 Å². The van der Waals surface area contributed by atoms with Gasteiger partial charge in [0.25, 0.3) is 0 Å². The number of para-hydroxylation sites is 3. The van der Waals surface area contributed by atoms with Crippen LogP contribution in [0.5, 0.6) is 11.5 Å². The van der Waals surface area contributed by atoms with Crippen LogP contribution in [0.2, 0.25) is 0 Å². The number of anilines is 1. The summed E-state index contributed by atoms with van der Waals surface area (Å²) < 4.78 is 13.4. The second-order valence-electron chi connectivity index (χ2n) is 8.88. The molecule has 0 radical (unpaired) electrons. The molecule has 0 unspecified atom stereocenters. The van der Waals surface area contributed by atoms with Crippen molar-refractivity contribution in [3.05, 3.63) is 84.2 Å². The highest BCUT2D eigenvalue weighted by molar-refractivity contribution is 5.97. The molecule has 0 bridgehead atoms. The Labute approximate surface area is 206 Å². The Morgan fingerprint density at radius 2 is 1.71 bits per heavy atom. The normalized spacial score (nSPS) is 15.7. The predicted octanol–water partition coefficient (Wildman–Crippen LogP) is 5.60. The van der Waals surface area contributed by atoms with E-state index < -0.39 is 0 Å². The van der Waals surface area contributed by atoms with Crippen LogP contribution in [0.25, 0.3) is 11.0 Å². The fourth-order valence-corrected chi connectivity index (χ4v) is 4.91. The first-order valence-electron chi connectivity index (χ1n) is 12.3. The Kier molecular flexibility index (Phi) is 6.70. The maximum atomic E-state index is 13.1. The lowest BCUT2D eigenvalue weighted by molar-refractivity contribution is -0.117. The zero-order valence-electron chi connectivity index (χ0n) is 20.3. The fourth-order valence-electron chi connectivity index (χ4n) is 4.91. The van der Waals surface area contributed by atoms with Crippen LogP contribution in [0.1, 0.15) is 37.1 Å². The number of carbonyl (C=O) groups excluding carboxylic acids is 1. The molecule has 3 aromatic carbocycles. The predicted molar refractivity (Wildman–Crippen MR) is 138 cm³/mol. The van der Waals surface area contributed by atoms with Crippen molar-refractivity contribution in [2.24, 2.45) is 0 Å². The van der Waals surface area contributed by atoms with Crippen LogP contribution in [-0.2, 0) is 17.8 Å². The molecule has 1 fully saturated rings. The van der Waals surface area contributed by atoms with Gasteiger partial charge in [-0.2, -0.15) is 0 Å². The fraction of sp³-hybridized carbons (Fsp3) is 0.310. The molecule has 180 valence electrons. The summed E-state index contributed by atoms with van der Waals surface area (Å²) in [4.78, 5) is 20.0. The standard InChI is InChI=1S/C29H31N3O3/c1-3-21-9-4-6-11-26(21)32-20-22(19-28(32)33)29-30-25-10-5-7-12-27(25)31(29)17-8-18-35-24-15-13-23(34-2)14-16-24/h4-7,9-16,22H,3,8,17-20H2,1-2H3/t22-/m1/s1. The number of nitrogens with zero attached hydrogens (tertiary/aromatic N) is 3. The average molecular weight is 470 g/mol. The molecule has 6 nitrogen and oxygen atoms in total. The maximum Gasteiger partial charge on any atom is 0.227 e. The van der Waals surface area contributed by atoms with Crippen LogP contribution in [0.4, 0.5) is 5.69 Å². The highest BCUT2D eigenvalue weighted by atomic mass is 16.5. The van der Waals surface area contributed by atoms with E-state index in [0.717, 1.165) is 53.4 Å². The van der Waals surface area contributed by atoms with E-state index in [9.17, 15) is 4.79 Å². The van der Waals surface area contributed by atoms with Crippen molar-refractivity contribution in [3.63, 3.8) is 0 Å². The molecular formula is C29H31N3O3. The van der Waals surface area contributed by atoms with E-state index in [4.69, 9.17) is 14.5 Å². The number of hydrogen-bond acceptors (Lipinski definition) is 4. The Morgan fingerprint density at radius 3 is 2.51 bits per heavy atom. The summed E-state index contributed by atoms with van der Waals surface area (Å²) in [6, 6.07) is 24.1. The Morgan fingerprint density at radius 1 is 0.971 bits per heavy atom. The lowest BCUT2D eigenvalue weighted by atomic mass is 10.1. The number of imidazole rings is 1. The first kappa shape index (κ1) is 23.0. The van der Waals surface area contributed by atoms with Crippen molar-refractivity contribution in [1.29, 1.82) is 0 Å². The van der Waals surface area contributed by atoms with Crippen molar-refractivity contribution in [1.82, 2.24) is 9.55 Å². The highest BCUT2D eigenvalue weighted by Crippen LogP contribution is 2.35. The minimum absolute atomic E-state index is 0.0577. The first-order valence-corrected chi connectivity index (χ1v) is 12.3. The molecule has 5 rings (SSSR count). The van der Waals surface area contributed by atoms with Gasteiger partial charge in [-0.25, -0.2) is 4.98 Å². The smallest absolute Gasteiger partial charge is 0.227 e. The zero-order valence-corrected chi connectivity index (χ0v) is 20.3. The van der Waals surface area contributed by atoms with Gasteiger partial charge in [-0.3, -0.25) is 4.79 Å². The molecule has 4 aromatic rings. The highest BCUT2D eigenvalue weighted by Gasteiger charge is 2.35. The molecule has 6 heteroatoms. The number of benzene rings is 3. The van der Waals surface area contributed by atoms with Crippen LogP contribution in [0.3, 0.4) is 0 Å². The topological polar surface area (TPSA) is 56.6 Å². The van der Waals surface area contributed by atoms with Gasteiger partial charge in [0.05, 0.1) is 24.8 Å². The van der Waals surface area contributed by atoms with Crippen molar-refractivity contribution in [2.45, 2.75) is 38.6 Å². The number of fused-ring (bicyclic) bond motifs is 1. The van der Waals surface area contributed by atoms with Crippen molar-refractivity contribution in [2.75, 3.05) is 25.2 Å². The molecule has 1 amide bonds. The van der Waals surface area contributed by atoms with Gasteiger partial charge < -0.3 is 18.9 Å². The number of amides is 1. The lowest BCUT2D eigenvalue weighted by Gasteiger charge is -2.20. The van der Waals surface area contributed by atoms with Crippen LogP contribution >= 0.6 is 0 Å². The molecule has 1 atom stereocenters.